The standard InChI is InChI=1S/C15H6B2F20O4/c18-7(19,3-1-6(17(40)41)4(8(20,21)22)2-5(3)16(38)39)9(23,24)10(25,26)11(27,28)12(29,30)13(31,32)14(33,34)15(35,36)37/h1-2,38-41H. The molecule has 41 heavy (non-hydrogen) atoms. The molecular formula is C15H6B2F20O4. The summed E-state index contributed by atoms with van der Waals surface area (Å²) in [4.78, 5) is 0. The monoisotopic (exact) mass is 652 g/mol. The van der Waals surface area contributed by atoms with Crippen molar-refractivity contribution in [3.63, 3.8) is 0 Å². The molecule has 0 atom stereocenters. The third-order valence-electron chi connectivity index (χ3n) is 5.14. The van der Waals surface area contributed by atoms with Crippen molar-refractivity contribution in [3.05, 3.63) is 23.3 Å². The van der Waals surface area contributed by atoms with Crippen LogP contribution < -0.4 is 10.9 Å². The van der Waals surface area contributed by atoms with E-state index in [9.17, 15) is 87.8 Å². The summed E-state index contributed by atoms with van der Waals surface area (Å²) in [5, 5.41) is 35.7. The van der Waals surface area contributed by atoms with E-state index in [4.69, 9.17) is 20.1 Å². The predicted octanol–water partition coefficient (Wildman–Crippen LogP) is 3.53. The Kier molecular flexibility index (Phi) is 8.91. The fourth-order valence-corrected chi connectivity index (χ4v) is 2.91. The van der Waals surface area contributed by atoms with Crippen molar-refractivity contribution in [1.29, 1.82) is 0 Å². The summed E-state index contributed by atoms with van der Waals surface area (Å²) >= 11 is 0. The Bertz CT molecular complexity index is 1130. The zero-order valence-corrected chi connectivity index (χ0v) is 18.2. The van der Waals surface area contributed by atoms with Gasteiger partial charge in [0.05, 0.1) is 5.56 Å². The molecule has 0 saturated heterocycles. The molecule has 0 spiro atoms. The van der Waals surface area contributed by atoms with Gasteiger partial charge in [-0.25, -0.2) is 0 Å². The number of hydrogen-bond donors (Lipinski definition) is 4. The Labute approximate surface area is 211 Å². The zero-order valence-electron chi connectivity index (χ0n) is 18.2. The number of halogens is 20. The van der Waals surface area contributed by atoms with E-state index in [-0.39, 0.29) is 0 Å². The minimum Gasteiger partial charge on any atom is -0.423 e. The topological polar surface area (TPSA) is 80.9 Å². The van der Waals surface area contributed by atoms with Crippen molar-refractivity contribution in [3.8, 4) is 0 Å². The maximum Gasteiger partial charge on any atom is 0.489 e. The van der Waals surface area contributed by atoms with Crippen LogP contribution in [-0.4, -0.2) is 76.0 Å². The van der Waals surface area contributed by atoms with Crippen LogP contribution in [0.3, 0.4) is 0 Å². The Morgan fingerprint density at radius 3 is 0.951 bits per heavy atom. The molecule has 0 heterocycles. The number of alkyl halides is 20. The SMILES string of the molecule is OB(O)c1cc(C(F)(F)C(F)(F)C(F)(F)C(F)(F)C(F)(F)C(F)(F)C(F)(F)C(F)(F)F)c(B(O)O)cc1C(F)(F)F. The molecular weight excluding hydrogens is 646 g/mol. The van der Waals surface area contributed by atoms with Crippen molar-refractivity contribution in [1.82, 2.24) is 0 Å². The van der Waals surface area contributed by atoms with Crippen molar-refractivity contribution in [2.24, 2.45) is 0 Å². The van der Waals surface area contributed by atoms with E-state index in [0.29, 0.717) is 0 Å². The van der Waals surface area contributed by atoms with Gasteiger partial charge in [0, 0.05) is 5.56 Å². The van der Waals surface area contributed by atoms with Crippen LogP contribution in [0.2, 0.25) is 0 Å². The first-order valence-electron chi connectivity index (χ1n) is 9.29. The second-order valence-corrected chi connectivity index (χ2v) is 7.79. The van der Waals surface area contributed by atoms with Gasteiger partial charge >= 0.3 is 68.0 Å². The molecule has 0 fully saturated rings. The van der Waals surface area contributed by atoms with E-state index in [1.54, 1.807) is 0 Å². The van der Waals surface area contributed by atoms with Crippen molar-refractivity contribution < 1.29 is 108 Å². The average molecular weight is 652 g/mol. The van der Waals surface area contributed by atoms with Gasteiger partial charge in [-0.05, 0) is 10.9 Å². The van der Waals surface area contributed by atoms with Gasteiger partial charge in [-0.2, -0.15) is 87.8 Å². The van der Waals surface area contributed by atoms with E-state index in [1.165, 1.54) is 0 Å². The van der Waals surface area contributed by atoms with E-state index in [2.05, 4.69) is 0 Å². The highest BCUT2D eigenvalue weighted by Crippen LogP contribution is 2.65. The number of rotatable bonds is 9. The molecule has 0 aliphatic rings. The van der Waals surface area contributed by atoms with Crippen LogP contribution in [0.5, 0.6) is 0 Å². The molecule has 0 unspecified atom stereocenters. The van der Waals surface area contributed by atoms with Crippen LogP contribution in [0.25, 0.3) is 0 Å². The smallest absolute Gasteiger partial charge is 0.423 e. The molecule has 0 amide bonds. The summed E-state index contributed by atoms with van der Waals surface area (Å²) < 4.78 is 268. The molecule has 1 rings (SSSR count). The minimum atomic E-state index is -9.01. The Hall–Kier alpha value is -2.21. The molecule has 4 nitrogen and oxygen atoms in total. The first kappa shape index (κ1) is 36.8. The minimum absolute atomic E-state index is 1.10. The largest absolute Gasteiger partial charge is 0.489 e. The molecule has 1 aromatic carbocycles. The normalized spacial score (nSPS) is 15.3. The molecule has 0 radical (unpaired) electrons. The summed E-state index contributed by atoms with van der Waals surface area (Å²) in [6.07, 6.45) is -13.9. The van der Waals surface area contributed by atoms with E-state index >= 15 is 0 Å². The third-order valence-corrected chi connectivity index (χ3v) is 5.14. The molecule has 0 aromatic heterocycles. The second-order valence-electron chi connectivity index (χ2n) is 7.79. The molecule has 4 N–H and O–H groups in total. The molecule has 0 saturated carbocycles. The predicted molar refractivity (Wildman–Crippen MR) is 90.7 cm³/mol. The maximum atomic E-state index is 14.6. The van der Waals surface area contributed by atoms with Gasteiger partial charge in [0.2, 0.25) is 0 Å². The van der Waals surface area contributed by atoms with Gasteiger partial charge < -0.3 is 20.1 Å². The van der Waals surface area contributed by atoms with Crippen LogP contribution in [0.4, 0.5) is 87.8 Å². The van der Waals surface area contributed by atoms with Crippen LogP contribution in [0.1, 0.15) is 11.1 Å². The first-order chi connectivity index (χ1) is 17.6. The maximum absolute atomic E-state index is 14.6. The summed E-state index contributed by atoms with van der Waals surface area (Å²) in [5.74, 6) is -60.0. The van der Waals surface area contributed by atoms with Gasteiger partial charge in [0.25, 0.3) is 0 Å². The van der Waals surface area contributed by atoms with E-state index < -0.39 is 102 Å². The highest BCUT2D eigenvalue weighted by Gasteiger charge is 2.95. The average Bonchev–Trinajstić information content (AvgIpc) is 2.75. The summed E-state index contributed by atoms with van der Waals surface area (Å²) in [6.45, 7) is 0. The van der Waals surface area contributed by atoms with E-state index in [0.717, 1.165) is 0 Å². The number of hydrogen-bond acceptors (Lipinski definition) is 4. The molecule has 1 aromatic rings. The molecule has 0 aliphatic carbocycles. The second kappa shape index (κ2) is 9.92. The molecule has 0 bridgehead atoms. The first-order valence-corrected chi connectivity index (χ1v) is 9.29. The van der Waals surface area contributed by atoms with Crippen LogP contribution in [0.15, 0.2) is 12.1 Å². The zero-order chi connectivity index (χ0) is 33.4. The lowest BCUT2D eigenvalue weighted by molar-refractivity contribution is -0.462. The van der Waals surface area contributed by atoms with Gasteiger partial charge in [-0.15, -0.1) is 0 Å². The fourth-order valence-electron chi connectivity index (χ4n) is 2.91. The van der Waals surface area contributed by atoms with Gasteiger partial charge in [0.1, 0.15) is 0 Å². The Morgan fingerprint density at radius 1 is 0.390 bits per heavy atom. The lowest BCUT2D eigenvalue weighted by Gasteiger charge is -2.43. The summed E-state index contributed by atoms with van der Waals surface area (Å²) in [6, 6.07) is -2.42. The molecule has 0 aliphatic heterocycles. The van der Waals surface area contributed by atoms with Gasteiger partial charge in [-0.3, -0.25) is 0 Å². The van der Waals surface area contributed by atoms with E-state index in [1.807, 2.05) is 0 Å². The molecule has 236 valence electrons. The van der Waals surface area contributed by atoms with Crippen molar-refractivity contribution in [2.75, 3.05) is 0 Å². The number of benzene rings is 1. The Morgan fingerprint density at radius 2 is 0.659 bits per heavy atom. The highest BCUT2D eigenvalue weighted by molar-refractivity contribution is 6.61. The lowest BCUT2D eigenvalue weighted by Crippen LogP contribution is -2.74. The lowest BCUT2D eigenvalue weighted by atomic mass is 9.67. The van der Waals surface area contributed by atoms with Crippen LogP contribution in [-0.2, 0) is 12.1 Å². The quantitative estimate of drug-likeness (QED) is 0.244. The van der Waals surface area contributed by atoms with Gasteiger partial charge in [-0.1, -0.05) is 12.1 Å². The van der Waals surface area contributed by atoms with Crippen molar-refractivity contribution >= 4 is 25.2 Å². The third kappa shape index (κ3) is 5.17. The highest BCUT2D eigenvalue weighted by atomic mass is 19.4. The molecule has 26 heteroatoms. The van der Waals surface area contributed by atoms with Crippen LogP contribution in [0, 0.1) is 0 Å². The van der Waals surface area contributed by atoms with Crippen LogP contribution >= 0.6 is 0 Å². The summed E-state index contributed by atoms with van der Waals surface area (Å²) in [7, 11) is -7.64. The summed E-state index contributed by atoms with van der Waals surface area (Å²) in [5.41, 5.74) is -11.2. The Balaban J connectivity index is 4.07. The van der Waals surface area contributed by atoms with Crippen molar-refractivity contribution in [2.45, 2.75) is 53.8 Å². The van der Waals surface area contributed by atoms with Gasteiger partial charge in [0.15, 0.2) is 0 Å². The fraction of sp³-hybridized carbons (Fsp3) is 0.600.